The predicted octanol–water partition coefficient (Wildman–Crippen LogP) is 5.44. The second-order valence-corrected chi connectivity index (χ2v) is 12.1. The van der Waals surface area contributed by atoms with E-state index in [4.69, 9.17) is 4.74 Å². The lowest BCUT2D eigenvalue weighted by Gasteiger charge is -2.22. The van der Waals surface area contributed by atoms with Gasteiger partial charge in [-0.15, -0.1) is 0 Å². The largest absolute Gasteiger partial charge is 0.383 e. The van der Waals surface area contributed by atoms with Gasteiger partial charge < -0.3 is 9.30 Å². The van der Waals surface area contributed by atoms with Crippen LogP contribution in [0.15, 0.2) is 56.8 Å². The number of hydrogen-bond acceptors (Lipinski definition) is 5. The molecule has 3 aromatic rings. The van der Waals surface area contributed by atoms with Crippen LogP contribution in [-0.4, -0.2) is 50.0 Å². The number of carbonyl (C=O) groups excluding carboxylic acids is 1. The number of halogens is 1. The van der Waals surface area contributed by atoms with Crippen LogP contribution in [-0.2, 0) is 21.3 Å². The summed E-state index contributed by atoms with van der Waals surface area (Å²) < 4.78 is 37.1. The Morgan fingerprint density at radius 3 is 2.34 bits per heavy atom. The number of fused-ring (bicyclic) bond motifs is 1. The molecule has 0 aliphatic rings. The van der Waals surface area contributed by atoms with Gasteiger partial charge >= 0.3 is 0 Å². The van der Waals surface area contributed by atoms with Gasteiger partial charge in [-0.1, -0.05) is 54.0 Å². The van der Waals surface area contributed by atoms with Gasteiger partial charge in [0.15, 0.2) is 4.80 Å². The van der Waals surface area contributed by atoms with E-state index in [1.165, 1.54) is 23.5 Å². The van der Waals surface area contributed by atoms with E-state index >= 15 is 0 Å². The van der Waals surface area contributed by atoms with Gasteiger partial charge in [-0.2, -0.15) is 9.30 Å². The van der Waals surface area contributed by atoms with Crippen LogP contribution in [0.4, 0.5) is 0 Å². The van der Waals surface area contributed by atoms with Gasteiger partial charge in [0.2, 0.25) is 10.0 Å². The van der Waals surface area contributed by atoms with E-state index in [1.807, 2.05) is 36.6 Å². The molecule has 0 radical (unpaired) electrons. The van der Waals surface area contributed by atoms with Crippen molar-refractivity contribution in [1.29, 1.82) is 0 Å². The first-order chi connectivity index (χ1) is 16.8. The van der Waals surface area contributed by atoms with Crippen LogP contribution in [0.2, 0.25) is 0 Å². The number of ether oxygens (including phenoxy) is 1. The fourth-order valence-electron chi connectivity index (χ4n) is 3.62. The normalized spacial score (nSPS) is 12.7. The Labute approximate surface area is 219 Å². The van der Waals surface area contributed by atoms with Crippen LogP contribution in [0.25, 0.3) is 10.2 Å². The zero-order valence-corrected chi connectivity index (χ0v) is 23.6. The minimum absolute atomic E-state index is 0.197. The van der Waals surface area contributed by atoms with Crippen molar-refractivity contribution in [2.45, 2.75) is 51.0 Å². The fourth-order valence-corrected chi connectivity index (χ4v) is 6.75. The van der Waals surface area contributed by atoms with Crippen LogP contribution < -0.4 is 4.80 Å². The molecule has 190 valence electrons. The molecule has 10 heteroatoms. The molecule has 7 nitrogen and oxygen atoms in total. The zero-order chi connectivity index (χ0) is 25.4. The number of methoxy groups -OCH3 is 1. The van der Waals surface area contributed by atoms with Gasteiger partial charge in [0.1, 0.15) is 0 Å². The maximum atomic E-state index is 13.2. The second kappa shape index (κ2) is 12.9. The maximum Gasteiger partial charge on any atom is 0.279 e. The summed E-state index contributed by atoms with van der Waals surface area (Å²) in [6.07, 6.45) is 3.47. The Morgan fingerprint density at radius 1 is 1.09 bits per heavy atom. The van der Waals surface area contributed by atoms with Crippen LogP contribution in [0.1, 0.15) is 49.9 Å². The predicted molar refractivity (Wildman–Crippen MR) is 144 cm³/mol. The van der Waals surface area contributed by atoms with Crippen molar-refractivity contribution in [2.24, 2.45) is 4.99 Å². The highest BCUT2D eigenvalue weighted by atomic mass is 79.9. The number of rotatable bonds is 12. The molecule has 0 spiro atoms. The number of aromatic nitrogens is 1. The van der Waals surface area contributed by atoms with Crippen LogP contribution >= 0.6 is 27.3 Å². The molecule has 0 aliphatic carbocycles. The Hall–Kier alpha value is -1.85. The zero-order valence-electron chi connectivity index (χ0n) is 20.4. The SMILES string of the molecule is CCCCN(CCCC)S(=O)(=O)c1ccc(C(=O)N=c2sc3cc(Br)ccc3n2CCOC)cc1. The Bertz CT molecular complexity index is 1310. The molecule has 0 saturated carbocycles. The van der Waals surface area contributed by atoms with E-state index in [0.29, 0.717) is 36.6 Å². The summed E-state index contributed by atoms with van der Waals surface area (Å²) >= 11 is 4.91. The average Bonchev–Trinajstić information content (AvgIpc) is 3.18. The molecule has 1 amide bonds. The van der Waals surface area contributed by atoms with Gasteiger partial charge in [-0.3, -0.25) is 4.79 Å². The van der Waals surface area contributed by atoms with Crippen LogP contribution in [0.5, 0.6) is 0 Å². The molecule has 0 aliphatic heterocycles. The minimum atomic E-state index is -3.61. The summed E-state index contributed by atoms with van der Waals surface area (Å²) in [4.78, 5) is 18.1. The van der Waals surface area contributed by atoms with Crippen molar-refractivity contribution in [3.63, 3.8) is 0 Å². The number of benzene rings is 2. The molecule has 0 fully saturated rings. The molecule has 3 rings (SSSR count). The summed E-state index contributed by atoms with van der Waals surface area (Å²) in [5.41, 5.74) is 1.32. The smallest absolute Gasteiger partial charge is 0.279 e. The van der Waals surface area contributed by atoms with Gasteiger partial charge in [0.25, 0.3) is 5.91 Å². The third kappa shape index (κ3) is 6.89. The summed E-state index contributed by atoms with van der Waals surface area (Å²) in [5, 5.41) is 0. The third-order valence-electron chi connectivity index (χ3n) is 5.62. The minimum Gasteiger partial charge on any atom is -0.383 e. The number of nitrogens with zero attached hydrogens (tertiary/aromatic N) is 3. The number of thiazole rings is 1. The van der Waals surface area contributed by atoms with E-state index < -0.39 is 15.9 Å². The Kier molecular flexibility index (Phi) is 10.2. The third-order valence-corrected chi connectivity index (χ3v) is 9.07. The van der Waals surface area contributed by atoms with E-state index in [0.717, 1.165) is 40.4 Å². The van der Waals surface area contributed by atoms with Gasteiger partial charge in [-0.25, -0.2) is 8.42 Å². The molecular formula is C25H32BrN3O4S2. The van der Waals surface area contributed by atoms with Gasteiger partial charge in [0, 0.05) is 36.8 Å². The number of hydrogen-bond donors (Lipinski definition) is 0. The molecule has 1 heterocycles. The molecular weight excluding hydrogens is 550 g/mol. The van der Waals surface area contributed by atoms with E-state index in [1.54, 1.807) is 23.5 Å². The lowest BCUT2D eigenvalue weighted by atomic mass is 10.2. The number of carbonyl (C=O) groups is 1. The van der Waals surface area contributed by atoms with Crippen molar-refractivity contribution in [3.8, 4) is 0 Å². The van der Waals surface area contributed by atoms with Crippen molar-refractivity contribution in [2.75, 3.05) is 26.8 Å². The quantitative estimate of drug-likeness (QED) is 0.285. The highest BCUT2D eigenvalue weighted by Crippen LogP contribution is 2.23. The lowest BCUT2D eigenvalue weighted by Crippen LogP contribution is -2.33. The fraction of sp³-hybridized carbons (Fsp3) is 0.440. The first-order valence-corrected chi connectivity index (χ1v) is 14.8. The second-order valence-electron chi connectivity index (χ2n) is 8.19. The first-order valence-electron chi connectivity index (χ1n) is 11.8. The molecule has 0 bridgehead atoms. The molecule has 1 aromatic heterocycles. The monoisotopic (exact) mass is 581 g/mol. The molecule has 0 saturated heterocycles. The standard InChI is InChI=1S/C25H32BrN3O4S2/c1-4-6-14-28(15-7-5-2)35(31,32)21-11-8-19(9-12-21)24(30)27-25-29(16-17-33-3)22-13-10-20(26)18-23(22)34-25/h8-13,18H,4-7,14-17H2,1-3H3. The summed E-state index contributed by atoms with van der Waals surface area (Å²) in [7, 11) is -1.98. The van der Waals surface area contributed by atoms with Crippen molar-refractivity contribution >= 4 is 53.4 Å². The highest BCUT2D eigenvalue weighted by molar-refractivity contribution is 9.10. The molecule has 2 aromatic carbocycles. The molecule has 35 heavy (non-hydrogen) atoms. The number of unbranched alkanes of at least 4 members (excludes halogenated alkanes) is 2. The van der Waals surface area contributed by atoms with Crippen molar-refractivity contribution in [1.82, 2.24) is 8.87 Å². The lowest BCUT2D eigenvalue weighted by molar-refractivity contribution is 0.0997. The average molecular weight is 583 g/mol. The molecule has 0 unspecified atom stereocenters. The summed E-state index contributed by atoms with van der Waals surface area (Å²) in [5.74, 6) is -0.417. The van der Waals surface area contributed by atoms with E-state index in [-0.39, 0.29) is 4.90 Å². The van der Waals surface area contributed by atoms with Crippen molar-refractivity contribution in [3.05, 3.63) is 57.3 Å². The van der Waals surface area contributed by atoms with Gasteiger partial charge in [0.05, 0.1) is 21.7 Å². The molecule has 0 N–H and O–H groups in total. The number of amides is 1. The maximum absolute atomic E-state index is 13.2. The van der Waals surface area contributed by atoms with Crippen molar-refractivity contribution < 1.29 is 17.9 Å². The van der Waals surface area contributed by atoms with E-state index in [2.05, 4.69) is 20.9 Å². The van der Waals surface area contributed by atoms with Gasteiger partial charge in [-0.05, 0) is 55.3 Å². The first kappa shape index (κ1) is 27.7. The molecule has 0 atom stereocenters. The topological polar surface area (TPSA) is 81.0 Å². The van der Waals surface area contributed by atoms with Crippen LogP contribution in [0, 0.1) is 0 Å². The highest BCUT2D eigenvalue weighted by Gasteiger charge is 2.23. The summed E-state index contributed by atoms with van der Waals surface area (Å²) in [6, 6.07) is 12.0. The number of sulfonamides is 1. The summed E-state index contributed by atoms with van der Waals surface area (Å²) in [6.45, 7) is 6.14. The Morgan fingerprint density at radius 2 is 1.74 bits per heavy atom. The van der Waals surface area contributed by atoms with Crippen LogP contribution in [0.3, 0.4) is 0 Å². The van der Waals surface area contributed by atoms with E-state index in [9.17, 15) is 13.2 Å². The Balaban J connectivity index is 1.91.